The smallest absolute Gasteiger partial charge is 0.413 e. The van der Waals surface area contributed by atoms with Crippen LogP contribution < -0.4 is 5.32 Å². The second-order valence-corrected chi connectivity index (χ2v) is 9.02. The third-order valence-electron chi connectivity index (χ3n) is 6.11. The van der Waals surface area contributed by atoms with Crippen molar-refractivity contribution in [3.05, 3.63) is 70.2 Å². The van der Waals surface area contributed by atoms with Crippen LogP contribution in [0.1, 0.15) is 38.8 Å². The lowest BCUT2D eigenvalue weighted by Gasteiger charge is -2.37. The van der Waals surface area contributed by atoms with E-state index in [1.165, 1.54) is 4.90 Å². The van der Waals surface area contributed by atoms with E-state index in [4.69, 9.17) is 4.74 Å². The lowest BCUT2D eigenvalue weighted by molar-refractivity contribution is -0.146. The van der Waals surface area contributed by atoms with E-state index in [1.807, 2.05) is 36.4 Å². The van der Waals surface area contributed by atoms with Gasteiger partial charge in [0, 0.05) is 12.5 Å². The maximum atomic E-state index is 12.7. The van der Waals surface area contributed by atoms with Gasteiger partial charge in [0.25, 0.3) is 5.91 Å². The summed E-state index contributed by atoms with van der Waals surface area (Å²) in [6, 6.07) is 15.4. The van der Waals surface area contributed by atoms with Crippen LogP contribution >= 0.6 is 11.3 Å². The summed E-state index contributed by atoms with van der Waals surface area (Å²) >= 11 is 1.02. The molecule has 0 bridgehead atoms. The summed E-state index contributed by atoms with van der Waals surface area (Å²) in [6.07, 6.45) is -0.221. The van der Waals surface area contributed by atoms with Gasteiger partial charge in [-0.2, -0.15) is 0 Å². The first-order chi connectivity index (χ1) is 15.9. The molecule has 33 heavy (non-hydrogen) atoms. The second-order valence-electron chi connectivity index (χ2n) is 8.03. The molecule has 1 aromatic heterocycles. The molecule has 168 valence electrons. The van der Waals surface area contributed by atoms with Gasteiger partial charge in [-0.1, -0.05) is 59.9 Å². The molecule has 9 heteroatoms. The molecule has 1 atom stereocenters. The first kappa shape index (κ1) is 21.1. The molecular weight excluding hydrogens is 442 g/mol. The number of thiazole rings is 1. The molecule has 2 amide bonds. The number of amides is 2. The van der Waals surface area contributed by atoms with Gasteiger partial charge in [-0.25, -0.2) is 14.6 Å². The minimum atomic E-state index is -1.02. The van der Waals surface area contributed by atoms with E-state index in [-0.39, 0.29) is 23.6 Å². The Morgan fingerprint density at radius 3 is 2.33 bits per heavy atom. The fourth-order valence-corrected chi connectivity index (χ4v) is 5.30. The Kier molecular flexibility index (Phi) is 5.33. The first-order valence-corrected chi connectivity index (χ1v) is 11.4. The molecule has 3 aromatic rings. The van der Waals surface area contributed by atoms with Crippen molar-refractivity contribution in [2.24, 2.45) is 0 Å². The lowest BCUT2D eigenvalue weighted by atomic mass is 9.98. The van der Waals surface area contributed by atoms with Gasteiger partial charge in [0.05, 0.1) is 5.69 Å². The molecule has 8 nitrogen and oxygen atoms in total. The van der Waals surface area contributed by atoms with E-state index in [0.717, 1.165) is 33.6 Å². The number of aromatic nitrogens is 1. The standard InChI is InChI=1S/C24H21N3O5S/c1-13-20(21(28)27-11-10-19(27)22(29)30)33-23(25-13)26-24(31)32-12-18-16-8-4-2-6-14(16)15-7-3-5-9-17(15)18/h2-9,18-19H,10-12H2,1H3,(H,29,30)(H,25,26,31). The Bertz CT molecular complexity index is 1220. The normalized spacial score (nSPS) is 16.5. The monoisotopic (exact) mass is 463 g/mol. The summed E-state index contributed by atoms with van der Waals surface area (Å²) in [4.78, 5) is 42.3. The van der Waals surface area contributed by atoms with Crippen LogP contribution in [0.2, 0.25) is 0 Å². The largest absolute Gasteiger partial charge is 0.480 e. The van der Waals surface area contributed by atoms with Crippen LogP contribution in [0.3, 0.4) is 0 Å². The van der Waals surface area contributed by atoms with Crippen LogP contribution in [-0.2, 0) is 9.53 Å². The minimum Gasteiger partial charge on any atom is -0.480 e. The van der Waals surface area contributed by atoms with Gasteiger partial charge in [0.1, 0.15) is 17.5 Å². The zero-order valence-electron chi connectivity index (χ0n) is 17.8. The zero-order chi connectivity index (χ0) is 23.1. The highest BCUT2D eigenvalue weighted by molar-refractivity contribution is 7.17. The number of aryl methyl sites for hydroxylation is 1. The van der Waals surface area contributed by atoms with Crippen molar-refractivity contribution < 1.29 is 24.2 Å². The Hall–Kier alpha value is -3.72. The highest BCUT2D eigenvalue weighted by Crippen LogP contribution is 2.44. The summed E-state index contributed by atoms with van der Waals surface area (Å²) < 4.78 is 5.53. The Balaban J connectivity index is 1.25. The third kappa shape index (κ3) is 3.74. The number of anilines is 1. The topological polar surface area (TPSA) is 109 Å². The van der Waals surface area contributed by atoms with Crippen molar-refractivity contribution in [2.75, 3.05) is 18.5 Å². The number of nitrogens with zero attached hydrogens (tertiary/aromatic N) is 2. The van der Waals surface area contributed by atoms with E-state index >= 15 is 0 Å². The minimum absolute atomic E-state index is 0.0577. The predicted octanol–water partition coefficient (Wildman–Crippen LogP) is 4.11. The van der Waals surface area contributed by atoms with Crippen LogP contribution in [0.4, 0.5) is 9.93 Å². The summed E-state index contributed by atoms with van der Waals surface area (Å²) in [5, 5.41) is 12.0. The number of benzene rings is 2. The van der Waals surface area contributed by atoms with Gasteiger partial charge >= 0.3 is 12.1 Å². The van der Waals surface area contributed by atoms with Gasteiger partial charge in [-0.3, -0.25) is 10.1 Å². The van der Waals surface area contributed by atoms with Crippen molar-refractivity contribution in [1.29, 1.82) is 0 Å². The number of carboxylic acids is 1. The second kappa shape index (κ2) is 8.32. The summed E-state index contributed by atoms with van der Waals surface area (Å²) in [7, 11) is 0. The van der Waals surface area contributed by atoms with Crippen molar-refractivity contribution in [2.45, 2.75) is 25.3 Å². The summed E-state index contributed by atoms with van der Waals surface area (Å²) in [5.41, 5.74) is 4.96. The third-order valence-corrected chi connectivity index (χ3v) is 7.17. The summed E-state index contributed by atoms with van der Waals surface area (Å²) in [5.74, 6) is -1.46. The van der Waals surface area contributed by atoms with Gasteiger partial charge < -0.3 is 14.7 Å². The van der Waals surface area contributed by atoms with Crippen LogP contribution in [0.5, 0.6) is 0 Å². The van der Waals surface area contributed by atoms with E-state index in [1.54, 1.807) is 6.92 Å². The van der Waals surface area contributed by atoms with Gasteiger partial charge in [0.2, 0.25) is 0 Å². The Morgan fingerprint density at radius 2 is 1.76 bits per heavy atom. The molecule has 1 unspecified atom stereocenters. The Morgan fingerprint density at radius 1 is 1.12 bits per heavy atom. The molecule has 0 radical (unpaired) electrons. The van der Waals surface area contributed by atoms with Crippen molar-refractivity contribution >= 4 is 34.4 Å². The molecule has 2 aromatic carbocycles. The van der Waals surface area contributed by atoms with Gasteiger partial charge in [-0.15, -0.1) is 0 Å². The molecular formula is C24H21N3O5S. The predicted molar refractivity (Wildman–Crippen MR) is 123 cm³/mol. The molecule has 1 saturated heterocycles. The van der Waals surface area contributed by atoms with E-state index in [2.05, 4.69) is 22.4 Å². The number of aliphatic carboxylic acids is 1. The fraction of sp³-hybridized carbons (Fsp3) is 0.250. The number of ether oxygens (including phenoxy) is 1. The van der Waals surface area contributed by atoms with Gasteiger partial charge in [0.15, 0.2) is 5.13 Å². The number of likely N-dealkylation sites (tertiary alicyclic amines) is 1. The number of carbonyl (C=O) groups excluding carboxylic acids is 2. The van der Waals surface area contributed by atoms with Crippen LogP contribution in [0.15, 0.2) is 48.5 Å². The number of hydrogen-bond donors (Lipinski definition) is 2. The quantitative estimate of drug-likeness (QED) is 0.589. The van der Waals surface area contributed by atoms with E-state index in [0.29, 0.717) is 23.5 Å². The number of rotatable bonds is 5. The molecule has 0 spiro atoms. The SMILES string of the molecule is Cc1nc(NC(=O)OCC2c3ccccc3-c3ccccc32)sc1C(=O)N1CCC1C(=O)O. The Labute approximate surface area is 193 Å². The van der Waals surface area contributed by atoms with Crippen LogP contribution in [-0.4, -0.2) is 52.2 Å². The zero-order valence-corrected chi connectivity index (χ0v) is 18.6. The van der Waals surface area contributed by atoms with Crippen molar-refractivity contribution in [3.63, 3.8) is 0 Å². The number of nitrogens with one attached hydrogen (secondary N) is 1. The van der Waals surface area contributed by atoms with Crippen molar-refractivity contribution in [1.82, 2.24) is 9.88 Å². The van der Waals surface area contributed by atoms with Crippen LogP contribution in [0.25, 0.3) is 11.1 Å². The van der Waals surface area contributed by atoms with Crippen molar-refractivity contribution in [3.8, 4) is 11.1 Å². The molecule has 1 aliphatic heterocycles. The highest BCUT2D eigenvalue weighted by Gasteiger charge is 2.39. The number of carboxylic acid groups (broad SMARTS) is 1. The first-order valence-electron chi connectivity index (χ1n) is 10.6. The molecule has 0 saturated carbocycles. The number of fused-ring (bicyclic) bond motifs is 3. The molecule has 2 N–H and O–H groups in total. The molecule has 2 aliphatic rings. The van der Waals surface area contributed by atoms with Gasteiger partial charge in [-0.05, 0) is 35.6 Å². The number of carbonyl (C=O) groups is 3. The molecule has 2 heterocycles. The summed E-state index contributed by atoms with van der Waals surface area (Å²) in [6.45, 7) is 2.22. The molecule has 1 fully saturated rings. The lowest BCUT2D eigenvalue weighted by Crippen LogP contribution is -2.55. The maximum absolute atomic E-state index is 12.7. The van der Waals surface area contributed by atoms with E-state index in [9.17, 15) is 19.5 Å². The van der Waals surface area contributed by atoms with E-state index < -0.39 is 18.1 Å². The maximum Gasteiger partial charge on any atom is 0.413 e. The average Bonchev–Trinajstić information content (AvgIpc) is 3.28. The molecule has 1 aliphatic carbocycles. The fourth-order valence-electron chi connectivity index (χ4n) is 4.39. The average molecular weight is 464 g/mol. The highest BCUT2D eigenvalue weighted by atomic mass is 32.1. The van der Waals surface area contributed by atoms with Crippen LogP contribution in [0, 0.1) is 6.92 Å². The number of hydrogen-bond acceptors (Lipinski definition) is 6. The molecule has 5 rings (SSSR count).